The third kappa shape index (κ3) is 2.90. The van der Waals surface area contributed by atoms with Crippen molar-refractivity contribution < 1.29 is 9.53 Å². The molecule has 0 N–H and O–H groups in total. The molecule has 4 heteroatoms. The fourth-order valence-corrected chi connectivity index (χ4v) is 3.67. The third-order valence-electron chi connectivity index (χ3n) is 5.30. The smallest absolute Gasteiger partial charge is 0.253 e. The molecule has 2 heterocycles. The van der Waals surface area contributed by atoms with Crippen LogP contribution in [0.5, 0.6) is 0 Å². The average molecular weight is 300 g/mol. The first-order valence-corrected chi connectivity index (χ1v) is 8.46. The van der Waals surface area contributed by atoms with Crippen molar-refractivity contribution in [3.8, 4) is 0 Å². The summed E-state index contributed by atoms with van der Waals surface area (Å²) in [4.78, 5) is 16.7. The molecule has 1 saturated carbocycles. The second-order valence-corrected chi connectivity index (χ2v) is 7.03. The summed E-state index contributed by atoms with van der Waals surface area (Å²) < 4.78 is 6.02. The molecule has 4 nitrogen and oxygen atoms in total. The summed E-state index contributed by atoms with van der Waals surface area (Å²) in [6.45, 7) is 4.39. The maximum atomic E-state index is 12.2. The van der Waals surface area contributed by atoms with E-state index in [1.54, 1.807) is 0 Å². The van der Waals surface area contributed by atoms with Gasteiger partial charge < -0.3 is 14.5 Å². The SMILES string of the molecule is O=C1COC2(CCN(CC3CC3)CC2)CN1c1ccccc1. The van der Waals surface area contributed by atoms with Gasteiger partial charge in [0, 0.05) is 25.3 Å². The van der Waals surface area contributed by atoms with Gasteiger partial charge in [-0.15, -0.1) is 0 Å². The van der Waals surface area contributed by atoms with Crippen LogP contribution in [0.3, 0.4) is 0 Å². The first-order chi connectivity index (χ1) is 10.7. The molecule has 1 spiro atoms. The highest BCUT2D eigenvalue weighted by Crippen LogP contribution is 2.35. The number of likely N-dealkylation sites (tertiary alicyclic amines) is 1. The minimum Gasteiger partial charge on any atom is -0.363 e. The molecule has 4 rings (SSSR count). The monoisotopic (exact) mass is 300 g/mol. The quantitative estimate of drug-likeness (QED) is 0.858. The number of nitrogens with zero attached hydrogens (tertiary/aromatic N) is 2. The molecule has 1 aliphatic carbocycles. The van der Waals surface area contributed by atoms with E-state index in [2.05, 4.69) is 4.90 Å². The average Bonchev–Trinajstić information content (AvgIpc) is 3.37. The van der Waals surface area contributed by atoms with Gasteiger partial charge >= 0.3 is 0 Å². The first-order valence-electron chi connectivity index (χ1n) is 8.46. The first kappa shape index (κ1) is 14.2. The maximum Gasteiger partial charge on any atom is 0.253 e. The molecule has 1 aromatic carbocycles. The molecule has 0 aromatic heterocycles. The molecule has 1 amide bonds. The van der Waals surface area contributed by atoms with Gasteiger partial charge in [-0.05, 0) is 43.7 Å². The van der Waals surface area contributed by atoms with E-state index in [1.807, 2.05) is 35.2 Å². The maximum absolute atomic E-state index is 12.2. The van der Waals surface area contributed by atoms with Crippen LogP contribution in [-0.4, -0.2) is 49.2 Å². The fourth-order valence-electron chi connectivity index (χ4n) is 3.67. The molecule has 2 aliphatic heterocycles. The van der Waals surface area contributed by atoms with E-state index < -0.39 is 0 Å². The number of carbonyl (C=O) groups is 1. The van der Waals surface area contributed by atoms with Gasteiger partial charge in [-0.1, -0.05) is 18.2 Å². The Morgan fingerprint density at radius 3 is 2.55 bits per heavy atom. The minimum atomic E-state index is -0.135. The van der Waals surface area contributed by atoms with E-state index in [0.29, 0.717) is 6.54 Å². The van der Waals surface area contributed by atoms with Gasteiger partial charge in [0.15, 0.2) is 0 Å². The lowest BCUT2D eigenvalue weighted by molar-refractivity contribution is -0.144. The van der Waals surface area contributed by atoms with Crippen molar-refractivity contribution in [2.24, 2.45) is 5.92 Å². The van der Waals surface area contributed by atoms with Gasteiger partial charge in [0.2, 0.25) is 0 Å². The van der Waals surface area contributed by atoms with Crippen molar-refractivity contribution in [1.29, 1.82) is 0 Å². The van der Waals surface area contributed by atoms with E-state index in [-0.39, 0.29) is 18.1 Å². The summed E-state index contributed by atoms with van der Waals surface area (Å²) in [6.07, 6.45) is 4.90. The number of amides is 1. The molecular weight excluding hydrogens is 276 g/mol. The second kappa shape index (κ2) is 5.67. The highest BCUT2D eigenvalue weighted by Gasteiger charge is 2.43. The number of carbonyl (C=O) groups excluding carboxylic acids is 1. The number of rotatable bonds is 3. The van der Waals surface area contributed by atoms with Crippen LogP contribution in [-0.2, 0) is 9.53 Å². The van der Waals surface area contributed by atoms with Gasteiger partial charge in [0.05, 0.1) is 12.1 Å². The molecule has 118 valence electrons. The molecule has 2 saturated heterocycles. The lowest BCUT2D eigenvalue weighted by Crippen LogP contribution is -2.59. The molecule has 22 heavy (non-hydrogen) atoms. The van der Waals surface area contributed by atoms with Crippen molar-refractivity contribution in [2.75, 3.05) is 37.7 Å². The molecule has 3 fully saturated rings. The highest BCUT2D eigenvalue weighted by molar-refractivity contribution is 5.95. The Hall–Kier alpha value is -1.39. The van der Waals surface area contributed by atoms with Crippen LogP contribution in [0.25, 0.3) is 0 Å². The third-order valence-corrected chi connectivity index (χ3v) is 5.30. The fraction of sp³-hybridized carbons (Fsp3) is 0.611. The summed E-state index contributed by atoms with van der Waals surface area (Å²) in [6, 6.07) is 9.99. The lowest BCUT2D eigenvalue weighted by atomic mass is 9.89. The largest absolute Gasteiger partial charge is 0.363 e. The molecular formula is C18H24N2O2. The van der Waals surface area contributed by atoms with Gasteiger partial charge in [-0.3, -0.25) is 4.79 Å². The zero-order valence-electron chi connectivity index (χ0n) is 13.0. The van der Waals surface area contributed by atoms with Crippen molar-refractivity contribution in [3.05, 3.63) is 30.3 Å². The molecule has 1 aromatic rings. The van der Waals surface area contributed by atoms with E-state index in [4.69, 9.17) is 4.74 Å². The number of benzene rings is 1. The number of piperidine rings is 1. The number of ether oxygens (including phenoxy) is 1. The van der Waals surface area contributed by atoms with Crippen molar-refractivity contribution in [3.63, 3.8) is 0 Å². The topological polar surface area (TPSA) is 32.8 Å². The Labute approximate surface area is 132 Å². The number of hydrogen-bond acceptors (Lipinski definition) is 3. The lowest BCUT2D eigenvalue weighted by Gasteiger charge is -2.47. The number of para-hydroxylation sites is 1. The number of hydrogen-bond donors (Lipinski definition) is 0. The zero-order chi connectivity index (χ0) is 15.0. The van der Waals surface area contributed by atoms with Crippen molar-refractivity contribution in [2.45, 2.75) is 31.3 Å². The summed E-state index contributed by atoms with van der Waals surface area (Å²) in [7, 11) is 0. The Balaban J connectivity index is 1.43. The Morgan fingerprint density at radius 2 is 1.86 bits per heavy atom. The summed E-state index contributed by atoms with van der Waals surface area (Å²) in [5, 5.41) is 0. The van der Waals surface area contributed by atoms with E-state index in [0.717, 1.165) is 37.5 Å². The van der Waals surface area contributed by atoms with Crippen LogP contribution >= 0.6 is 0 Å². The van der Waals surface area contributed by atoms with Gasteiger partial charge in [0.1, 0.15) is 6.61 Å². The minimum absolute atomic E-state index is 0.0808. The Morgan fingerprint density at radius 1 is 1.14 bits per heavy atom. The second-order valence-electron chi connectivity index (χ2n) is 7.03. The summed E-state index contributed by atoms with van der Waals surface area (Å²) in [5.74, 6) is 1.03. The number of morpholine rings is 1. The van der Waals surface area contributed by atoms with Crippen LogP contribution in [0.4, 0.5) is 5.69 Å². The van der Waals surface area contributed by atoms with Crippen LogP contribution in [0.2, 0.25) is 0 Å². The van der Waals surface area contributed by atoms with Gasteiger partial charge in [-0.25, -0.2) is 0 Å². The Bertz CT molecular complexity index is 533. The molecule has 0 atom stereocenters. The van der Waals surface area contributed by atoms with Crippen molar-refractivity contribution >= 4 is 11.6 Å². The van der Waals surface area contributed by atoms with Crippen molar-refractivity contribution in [1.82, 2.24) is 4.90 Å². The van der Waals surface area contributed by atoms with E-state index in [1.165, 1.54) is 19.4 Å². The normalized spacial score (nSPS) is 25.6. The highest BCUT2D eigenvalue weighted by atomic mass is 16.5. The molecule has 0 radical (unpaired) electrons. The van der Waals surface area contributed by atoms with Crippen LogP contribution in [0, 0.1) is 5.92 Å². The molecule has 0 bridgehead atoms. The molecule has 0 unspecified atom stereocenters. The Kier molecular flexibility index (Phi) is 3.66. The standard InChI is InChI=1S/C18H24N2O2/c21-17-13-22-18(14-20(17)16-4-2-1-3-5-16)8-10-19(11-9-18)12-15-6-7-15/h1-5,15H,6-14H2. The van der Waals surface area contributed by atoms with E-state index >= 15 is 0 Å². The predicted molar refractivity (Wildman–Crippen MR) is 85.9 cm³/mol. The summed E-state index contributed by atoms with van der Waals surface area (Å²) in [5.41, 5.74) is 0.861. The van der Waals surface area contributed by atoms with Gasteiger partial charge in [-0.2, -0.15) is 0 Å². The predicted octanol–water partition coefficient (Wildman–Crippen LogP) is 2.29. The van der Waals surface area contributed by atoms with Crippen LogP contribution in [0.15, 0.2) is 30.3 Å². The van der Waals surface area contributed by atoms with Crippen LogP contribution < -0.4 is 4.90 Å². The molecule has 3 aliphatic rings. The van der Waals surface area contributed by atoms with E-state index in [9.17, 15) is 4.79 Å². The van der Waals surface area contributed by atoms with Crippen LogP contribution in [0.1, 0.15) is 25.7 Å². The summed E-state index contributed by atoms with van der Waals surface area (Å²) >= 11 is 0. The van der Waals surface area contributed by atoms with Gasteiger partial charge in [0.25, 0.3) is 5.91 Å². The zero-order valence-corrected chi connectivity index (χ0v) is 13.0. The number of anilines is 1.